The molecule has 0 radical (unpaired) electrons. The molecule has 28 heavy (non-hydrogen) atoms. The molecule has 0 amide bonds. The summed E-state index contributed by atoms with van der Waals surface area (Å²) in [5, 5.41) is 17.2. The lowest BCUT2D eigenvalue weighted by Gasteiger charge is -2.18. The number of hydrogen-bond acceptors (Lipinski definition) is 6. The lowest BCUT2D eigenvalue weighted by atomic mass is 10.2. The Labute approximate surface area is 181 Å². The molecule has 9 nitrogen and oxygen atoms in total. The minimum Gasteiger partial charge on any atom is -0.376 e. The quantitative estimate of drug-likeness (QED) is 0.191. The Kier molecular flexibility index (Phi) is 8.43. The van der Waals surface area contributed by atoms with Gasteiger partial charge < -0.3 is 15.4 Å². The molecule has 0 aliphatic carbocycles. The van der Waals surface area contributed by atoms with Gasteiger partial charge in [0, 0.05) is 31.3 Å². The van der Waals surface area contributed by atoms with E-state index in [-0.39, 0.29) is 53.3 Å². The van der Waals surface area contributed by atoms with E-state index in [0.717, 1.165) is 25.0 Å². The van der Waals surface area contributed by atoms with Gasteiger partial charge in [0.25, 0.3) is 5.69 Å². The molecule has 0 saturated carbocycles. The zero-order valence-corrected chi connectivity index (χ0v) is 18.5. The van der Waals surface area contributed by atoms with Gasteiger partial charge >= 0.3 is 0 Å². The first-order valence-electron chi connectivity index (χ1n) is 9.01. The number of guanidine groups is 1. The Bertz CT molecular complexity index is 794. The van der Waals surface area contributed by atoms with Crippen LogP contribution in [0.5, 0.6) is 0 Å². The number of halogens is 1. The van der Waals surface area contributed by atoms with Crippen LogP contribution in [0.25, 0.3) is 0 Å². The molecule has 1 aromatic rings. The smallest absolute Gasteiger partial charge is 0.269 e. The number of hydrogen-bond donors (Lipinski definition) is 2. The summed E-state index contributed by atoms with van der Waals surface area (Å²) in [6.07, 6.45) is 2.71. The molecule has 11 heteroatoms. The van der Waals surface area contributed by atoms with Gasteiger partial charge in [0.1, 0.15) is 0 Å². The number of non-ortho nitro benzene ring substituents is 1. The molecule has 0 bridgehead atoms. The number of nitrogens with zero attached hydrogens (tertiary/aromatic N) is 2. The number of ether oxygens (including phenoxy) is 1. The zero-order chi connectivity index (χ0) is 19.3. The molecular formula is C17H25IN4O5S. The molecule has 2 unspecified atom stereocenters. The number of nitrogens with one attached hydrogen (secondary N) is 2. The number of aliphatic imine (C=N–C) groups is 1. The molecule has 2 saturated heterocycles. The van der Waals surface area contributed by atoms with Crippen molar-refractivity contribution < 1.29 is 18.1 Å². The fourth-order valence-corrected chi connectivity index (χ4v) is 4.84. The monoisotopic (exact) mass is 524 g/mol. The van der Waals surface area contributed by atoms with Crippen molar-refractivity contribution in [1.82, 2.24) is 10.6 Å². The highest BCUT2D eigenvalue weighted by Crippen LogP contribution is 2.14. The summed E-state index contributed by atoms with van der Waals surface area (Å²) >= 11 is 0. The van der Waals surface area contributed by atoms with Crippen molar-refractivity contribution in [1.29, 1.82) is 0 Å². The van der Waals surface area contributed by atoms with Crippen molar-refractivity contribution in [3.63, 3.8) is 0 Å². The van der Waals surface area contributed by atoms with E-state index in [9.17, 15) is 18.5 Å². The van der Waals surface area contributed by atoms with E-state index in [4.69, 9.17) is 4.74 Å². The molecule has 1 aromatic carbocycles. The van der Waals surface area contributed by atoms with Crippen LogP contribution in [0.2, 0.25) is 0 Å². The van der Waals surface area contributed by atoms with Gasteiger partial charge in [-0.1, -0.05) is 12.1 Å². The fourth-order valence-electron chi connectivity index (χ4n) is 3.16. The van der Waals surface area contributed by atoms with Gasteiger partial charge in [0.2, 0.25) is 0 Å². The van der Waals surface area contributed by atoms with E-state index < -0.39 is 14.8 Å². The Hall–Kier alpha value is -1.47. The Morgan fingerprint density at radius 3 is 2.61 bits per heavy atom. The molecule has 2 N–H and O–H groups in total. The average Bonchev–Trinajstić information content (AvgIpc) is 3.27. The lowest BCUT2D eigenvalue weighted by molar-refractivity contribution is -0.384. The highest BCUT2D eigenvalue weighted by Gasteiger charge is 2.28. The molecule has 2 heterocycles. The third-order valence-electron chi connectivity index (χ3n) is 4.66. The van der Waals surface area contributed by atoms with E-state index >= 15 is 0 Å². The summed E-state index contributed by atoms with van der Waals surface area (Å²) in [4.78, 5) is 14.8. The molecule has 156 valence electrons. The number of nitro groups is 1. The SMILES string of the molecule is I.O=[N+]([O-])c1ccc(CN=C(NCC2CCCO2)NC2CCS(=O)(=O)C2)cc1. The van der Waals surface area contributed by atoms with E-state index in [0.29, 0.717) is 25.5 Å². The molecule has 0 spiro atoms. The third-order valence-corrected chi connectivity index (χ3v) is 6.43. The summed E-state index contributed by atoms with van der Waals surface area (Å²) < 4.78 is 29.0. The summed E-state index contributed by atoms with van der Waals surface area (Å²) in [5.41, 5.74) is 0.867. The molecular weight excluding hydrogens is 499 g/mol. The van der Waals surface area contributed by atoms with Crippen LogP contribution in [0, 0.1) is 10.1 Å². The van der Waals surface area contributed by atoms with Crippen LogP contribution in [0.15, 0.2) is 29.3 Å². The molecule has 2 aliphatic heterocycles. The van der Waals surface area contributed by atoms with Crippen molar-refractivity contribution in [3.05, 3.63) is 39.9 Å². The molecule has 2 fully saturated rings. The largest absolute Gasteiger partial charge is 0.376 e. The van der Waals surface area contributed by atoms with E-state index in [1.54, 1.807) is 12.1 Å². The van der Waals surface area contributed by atoms with Crippen molar-refractivity contribution in [3.8, 4) is 0 Å². The minimum atomic E-state index is -2.99. The maximum Gasteiger partial charge on any atom is 0.269 e. The fraction of sp³-hybridized carbons (Fsp3) is 0.588. The van der Waals surface area contributed by atoms with Crippen LogP contribution in [0.3, 0.4) is 0 Å². The number of nitro benzene ring substituents is 1. The van der Waals surface area contributed by atoms with Gasteiger partial charge in [-0.2, -0.15) is 0 Å². The minimum absolute atomic E-state index is 0. The van der Waals surface area contributed by atoms with Crippen molar-refractivity contribution in [2.45, 2.75) is 38.0 Å². The van der Waals surface area contributed by atoms with Crippen molar-refractivity contribution in [2.24, 2.45) is 4.99 Å². The highest BCUT2D eigenvalue weighted by atomic mass is 127. The van der Waals surface area contributed by atoms with E-state index in [1.807, 2.05) is 0 Å². The number of rotatable bonds is 6. The van der Waals surface area contributed by atoms with Gasteiger partial charge in [-0.25, -0.2) is 13.4 Å². The summed E-state index contributed by atoms with van der Waals surface area (Å²) in [6.45, 7) is 1.69. The van der Waals surface area contributed by atoms with Crippen molar-refractivity contribution in [2.75, 3.05) is 24.7 Å². The van der Waals surface area contributed by atoms with Crippen LogP contribution in [-0.4, -0.2) is 56.1 Å². The Balaban J connectivity index is 0.00000280. The maximum atomic E-state index is 11.7. The van der Waals surface area contributed by atoms with Crippen LogP contribution < -0.4 is 10.6 Å². The molecule has 0 aromatic heterocycles. The van der Waals surface area contributed by atoms with Crippen molar-refractivity contribution >= 4 is 45.5 Å². The molecule has 2 aliphatic rings. The van der Waals surface area contributed by atoms with Gasteiger partial charge in [0.05, 0.1) is 29.1 Å². The Morgan fingerprint density at radius 1 is 1.29 bits per heavy atom. The normalized spacial score (nSPS) is 23.8. The summed E-state index contributed by atoms with van der Waals surface area (Å²) in [7, 11) is -2.99. The predicted octanol–water partition coefficient (Wildman–Crippen LogP) is 1.61. The topological polar surface area (TPSA) is 123 Å². The van der Waals surface area contributed by atoms with Crippen LogP contribution in [0.4, 0.5) is 5.69 Å². The van der Waals surface area contributed by atoms with E-state index in [2.05, 4.69) is 15.6 Å². The Morgan fingerprint density at radius 2 is 2.04 bits per heavy atom. The molecule has 3 rings (SSSR count). The van der Waals surface area contributed by atoms with Crippen LogP contribution in [-0.2, 0) is 21.1 Å². The first-order chi connectivity index (χ1) is 12.9. The first-order valence-corrected chi connectivity index (χ1v) is 10.8. The maximum absolute atomic E-state index is 11.7. The standard InChI is InChI=1S/C17H24N4O5S.HI/c22-21(23)15-5-3-13(4-6-15)10-18-17(19-11-16-2-1-8-26-16)20-14-7-9-27(24,25)12-14;/h3-6,14,16H,1-2,7-12H2,(H2,18,19,20);1H. The van der Waals surface area contributed by atoms with Gasteiger partial charge in [-0.05, 0) is 24.8 Å². The summed E-state index contributed by atoms with van der Waals surface area (Å²) in [5.74, 6) is 0.822. The number of sulfone groups is 1. The van der Waals surface area contributed by atoms with E-state index in [1.165, 1.54) is 12.1 Å². The second-order valence-electron chi connectivity index (χ2n) is 6.85. The second kappa shape index (κ2) is 10.3. The van der Waals surface area contributed by atoms with Crippen LogP contribution in [0.1, 0.15) is 24.8 Å². The van der Waals surface area contributed by atoms with Gasteiger partial charge in [0.15, 0.2) is 15.8 Å². The third kappa shape index (κ3) is 6.85. The first kappa shape index (κ1) is 22.8. The number of benzene rings is 1. The van der Waals surface area contributed by atoms with Gasteiger partial charge in [-0.3, -0.25) is 10.1 Å². The average molecular weight is 524 g/mol. The lowest BCUT2D eigenvalue weighted by Crippen LogP contribution is -2.46. The summed E-state index contributed by atoms with van der Waals surface area (Å²) in [6, 6.07) is 6.06. The second-order valence-corrected chi connectivity index (χ2v) is 9.08. The predicted molar refractivity (Wildman–Crippen MR) is 117 cm³/mol. The van der Waals surface area contributed by atoms with Gasteiger partial charge in [-0.15, -0.1) is 24.0 Å². The molecule has 2 atom stereocenters. The zero-order valence-electron chi connectivity index (χ0n) is 15.4. The highest BCUT2D eigenvalue weighted by molar-refractivity contribution is 14.0. The van der Waals surface area contributed by atoms with Crippen LogP contribution >= 0.6 is 24.0 Å².